The number of amides is 1. The third kappa shape index (κ3) is 4.91. The van der Waals surface area contributed by atoms with Crippen molar-refractivity contribution in [2.24, 2.45) is 5.41 Å². The molecule has 1 atom stereocenters. The molecule has 1 aliphatic rings. The average molecular weight is 397 g/mol. The quantitative estimate of drug-likeness (QED) is 0.807. The number of nitrogens with one attached hydrogen (secondary N) is 1. The minimum Gasteiger partial charge on any atom is -0.493 e. The van der Waals surface area contributed by atoms with Crippen molar-refractivity contribution >= 4 is 5.91 Å². The van der Waals surface area contributed by atoms with Gasteiger partial charge in [-0.1, -0.05) is 51.1 Å². The number of fused-ring (bicyclic) bond motifs is 1. The highest BCUT2D eigenvalue weighted by Crippen LogP contribution is 2.34. The largest absolute Gasteiger partial charge is 0.493 e. The van der Waals surface area contributed by atoms with Crippen molar-refractivity contribution in [3.8, 4) is 11.5 Å². The summed E-state index contributed by atoms with van der Waals surface area (Å²) in [6.45, 7) is 8.30. The molecule has 1 heterocycles. The van der Waals surface area contributed by atoms with Crippen LogP contribution in [0.25, 0.3) is 0 Å². The Morgan fingerprint density at radius 1 is 1.07 bits per heavy atom. The number of hydrogen-bond acceptors (Lipinski definition) is 4. The van der Waals surface area contributed by atoms with Crippen LogP contribution in [0, 0.1) is 5.41 Å². The first-order chi connectivity index (χ1) is 13.8. The minimum atomic E-state index is -0.260. The predicted molar refractivity (Wildman–Crippen MR) is 115 cm³/mol. The van der Waals surface area contributed by atoms with E-state index in [1.807, 2.05) is 35.2 Å². The van der Waals surface area contributed by atoms with Crippen molar-refractivity contribution in [2.75, 3.05) is 20.8 Å². The second kappa shape index (κ2) is 8.87. The molecule has 0 radical (unpaired) electrons. The molecule has 5 nitrogen and oxygen atoms in total. The fourth-order valence-corrected chi connectivity index (χ4v) is 3.83. The number of hydrogen-bond donors (Lipinski definition) is 1. The Morgan fingerprint density at radius 2 is 1.69 bits per heavy atom. The third-order valence-corrected chi connectivity index (χ3v) is 5.50. The first kappa shape index (κ1) is 21.2. The van der Waals surface area contributed by atoms with E-state index >= 15 is 0 Å². The predicted octanol–water partition coefficient (Wildman–Crippen LogP) is 3.79. The second-order valence-electron chi connectivity index (χ2n) is 8.65. The Morgan fingerprint density at radius 3 is 2.28 bits per heavy atom. The number of benzene rings is 2. The van der Waals surface area contributed by atoms with Crippen molar-refractivity contribution < 1.29 is 14.3 Å². The van der Waals surface area contributed by atoms with Gasteiger partial charge in [0.2, 0.25) is 5.91 Å². The van der Waals surface area contributed by atoms with Gasteiger partial charge in [-0.25, -0.2) is 0 Å². The zero-order chi connectivity index (χ0) is 21.0. The van der Waals surface area contributed by atoms with E-state index in [1.54, 1.807) is 14.2 Å². The molecule has 0 unspecified atom stereocenters. The van der Waals surface area contributed by atoms with Crippen LogP contribution in [0.2, 0.25) is 0 Å². The molecule has 0 aromatic heterocycles. The van der Waals surface area contributed by atoms with Crippen LogP contribution < -0.4 is 14.8 Å². The SMILES string of the molecule is COc1cc2c(cc1OC)CN(C(=O)[C@@H](NCc1ccccc1)C(C)(C)C)CC2. The Kier molecular flexibility index (Phi) is 6.48. The Hall–Kier alpha value is -2.53. The smallest absolute Gasteiger partial charge is 0.240 e. The van der Waals surface area contributed by atoms with Crippen molar-refractivity contribution in [2.45, 2.75) is 46.3 Å². The zero-order valence-electron chi connectivity index (χ0n) is 18.1. The molecule has 1 aliphatic heterocycles. The fraction of sp³-hybridized carbons (Fsp3) is 0.458. The molecule has 0 saturated heterocycles. The van der Waals surface area contributed by atoms with Gasteiger partial charge in [0.1, 0.15) is 0 Å². The summed E-state index contributed by atoms with van der Waals surface area (Å²) < 4.78 is 10.9. The van der Waals surface area contributed by atoms with E-state index in [0.717, 1.165) is 17.7 Å². The van der Waals surface area contributed by atoms with Gasteiger partial charge >= 0.3 is 0 Å². The van der Waals surface area contributed by atoms with Gasteiger partial charge in [-0.05, 0) is 40.7 Å². The van der Waals surface area contributed by atoms with Gasteiger partial charge in [-0.15, -0.1) is 0 Å². The summed E-state index contributed by atoms with van der Waals surface area (Å²) in [5.41, 5.74) is 3.33. The molecule has 3 rings (SSSR count). The number of methoxy groups -OCH3 is 2. The molecule has 5 heteroatoms. The lowest BCUT2D eigenvalue weighted by Crippen LogP contribution is -2.53. The summed E-state index contributed by atoms with van der Waals surface area (Å²) in [7, 11) is 3.29. The summed E-state index contributed by atoms with van der Waals surface area (Å²) in [6.07, 6.45) is 0.816. The standard InChI is InChI=1S/C24H32N2O3/c1-24(2,3)22(25-15-17-9-7-6-8-10-17)23(27)26-12-11-18-13-20(28-4)21(29-5)14-19(18)16-26/h6-10,13-14,22,25H,11-12,15-16H2,1-5H3/t22-/m1/s1. The van der Waals surface area contributed by atoms with Crippen molar-refractivity contribution in [1.29, 1.82) is 0 Å². The summed E-state index contributed by atoms with van der Waals surface area (Å²) in [5.74, 6) is 1.59. The van der Waals surface area contributed by atoms with E-state index in [1.165, 1.54) is 11.1 Å². The van der Waals surface area contributed by atoms with E-state index in [-0.39, 0.29) is 17.4 Å². The maximum atomic E-state index is 13.5. The van der Waals surface area contributed by atoms with Crippen molar-refractivity contribution in [1.82, 2.24) is 10.2 Å². The van der Waals surface area contributed by atoms with Crippen LogP contribution in [0.3, 0.4) is 0 Å². The molecule has 0 fully saturated rings. The summed E-state index contributed by atoms with van der Waals surface area (Å²) in [6, 6.07) is 14.0. The molecular formula is C24H32N2O3. The van der Waals surface area contributed by atoms with Crippen LogP contribution in [0.4, 0.5) is 0 Å². The Bertz CT molecular complexity index is 843. The number of carbonyl (C=O) groups is 1. The lowest BCUT2D eigenvalue weighted by Gasteiger charge is -2.37. The lowest BCUT2D eigenvalue weighted by atomic mass is 9.85. The van der Waals surface area contributed by atoms with Crippen molar-refractivity contribution in [3.63, 3.8) is 0 Å². The van der Waals surface area contributed by atoms with Gasteiger partial charge < -0.3 is 19.7 Å². The molecule has 0 spiro atoms. The third-order valence-electron chi connectivity index (χ3n) is 5.50. The molecule has 0 saturated carbocycles. The van der Waals surface area contributed by atoms with E-state index in [2.05, 4.69) is 38.2 Å². The highest BCUT2D eigenvalue weighted by molar-refractivity contribution is 5.83. The van der Waals surface area contributed by atoms with Gasteiger partial charge in [0.15, 0.2) is 11.5 Å². The topological polar surface area (TPSA) is 50.8 Å². The van der Waals surface area contributed by atoms with Crippen LogP contribution in [-0.2, 0) is 24.3 Å². The minimum absolute atomic E-state index is 0.147. The second-order valence-corrected chi connectivity index (χ2v) is 8.65. The summed E-state index contributed by atoms with van der Waals surface area (Å²) >= 11 is 0. The summed E-state index contributed by atoms with van der Waals surface area (Å²) in [4.78, 5) is 15.4. The molecule has 1 N–H and O–H groups in total. The molecule has 2 aromatic carbocycles. The van der Waals surface area contributed by atoms with Gasteiger partial charge in [0.05, 0.1) is 20.3 Å². The first-order valence-electron chi connectivity index (χ1n) is 10.1. The number of rotatable bonds is 6. The van der Waals surface area contributed by atoms with Gasteiger partial charge in [-0.3, -0.25) is 4.79 Å². The maximum Gasteiger partial charge on any atom is 0.240 e. The Balaban J connectivity index is 1.76. The number of ether oxygens (including phenoxy) is 2. The van der Waals surface area contributed by atoms with Crippen LogP contribution in [-0.4, -0.2) is 37.6 Å². The number of carbonyl (C=O) groups excluding carboxylic acids is 1. The normalized spacial score (nSPS) is 14.9. The maximum absolute atomic E-state index is 13.5. The van der Waals surface area contributed by atoms with Gasteiger partial charge in [0, 0.05) is 19.6 Å². The Labute approximate surface area is 174 Å². The van der Waals surface area contributed by atoms with Crippen LogP contribution >= 0.6 is 0 Å². The number of nitrogens with zero attached hydrogens (tertiary/aromatic N) is 1. The molecule has 0 bridgehead atoms. The van der Waals surface area contributed by atoms with Crippen LogP contribution in [0.1, 0.15) is 37.5 Å². The monoisotopic (exact) mass is 396 g/mol. The first-order valence-corrected chi connectivity index (χ1v) is 10.1. The molecule has 2 aromatic rings. The van der Waals surface area contributed by atoms with Gasteiger partial charge in [0.25, 0.3) is 0 Å². The van der Waals surface area contributed by atoms with E-state index in [9.17, 15) is 4.79 Å². The lowest BCUT2D eigenvalue weighted by molar-refractivity contribution is -0.137. The molecule has 1 amide bonds. The fourth-order valence-electron chi connectivity index (χ4n) is 3.83. The van der Waals surface area contributed by atoms with Crippen LogP contribution in [0.15, 0.2) is 42.5 Å². The highest BCUT2D eigenvalue weighted by atomic mass is 16.5. The molecule has 29 heavy (non-hydrogen) atoms. The molecule has 0 aliphatic carbocycles. The van der Waals surface area contributed by atoms with Crippen molar-refractivity contribution in [3.05, 3.63) is 59.2 Å². The van der Waals surface area contributed by atoms with Crippen LogP contribution in [0.5, 0.6) is 11.5 Å². The molecular weight excluding hydrogens is 364 g/mol. The average Bonchev–Trinajstić information content (AvgIpc) is 2.72. The highest BCUT2D eigenvalue weighted by Gasteiger charge is 2.35. The van der Waals surface area contributed by atoms with Gasteiger partial charge in [-0.2, -0.15) is 0 Å². The summed E-state index contributed by atoms with van der Waals surface area (Å²) in [5, 5.41) is 3.50. The van der Waals surface area contributed by atoms with E-state index in [0.29, 0.717) is 25.4 Å². The zero-order valence-corrected chi connectivity index (χ0v) is 18.1. The van der Waals surface area contributed by atoms with E-state index in [4.69, 9.17) is 9.47 Å². The molecule has 156 valence electrons. The van der Waals surface area contributed by atoms with E-state index < -0.39 is 0 Å².